The van der Waals surface area contributed by atoms with Crippen molar-refractivity contribution in [3.8, 4) is 11.5 Å². The topological polar surface area (TPSA) is 76.2 Å². The number of carbonyl (C=O) groups is 1. The van der Waals surface area contributed by atoms with E-state index in [0.717, 1.165) is 30.0 Å². The van der Waals surface area contributed by atoms with Gasteiger partial charge in [0.2, 0.25) is 5.91 Å². The number of benzene rings is 2. The standard InChI is InChI=1S/C22H28N2O5S/c1-23(17-8-4-5-9-17)22(25)16-24(20-10-6-7-11-21(20)29-3)30(26,27)19-14-12-18(28-2)13-15-19/h6-7,10-15,17H,4-5,8-9,16H2,1-3H3. The highest BCUT2D eigenvalue weighted by Crippen LogP contribution is 2.33. The number of amides is 1. The fourth-order valence-corrected chi connectivity index (χ4v) is 5.16. The molecule has 1 amide bonds. The van der Waals surface area contributed by atoms with Gasteiger partial charge in [-0.1, -0.05) is 25.0 Å². The van der Waals surface area contributed by atoms with Crippen molar-refractivity contribution >= 4 is 21.6 Å². The molecule has 0 aliphatic heterocycles. The Hall–Kier alpha value is -2.74. The first-order valence-corrected chi connectivity index (χ1v) is 11.4. The number of nitrogens with zero attached hydrogens (tertiary/aromatic N) is 2. The molecule has 0 bridgehead atoms. The zero-order valence-electron chi connectivity index (χ0n) is 17.6. The second-order valence-electron chi connectivity index (χ2n) is 7.30. The summed E-state index contributed by atoms with van der Waals surface area (Å²) in [6, 6.07) is 13.1. The van der Waals surface area contributed by atoms with Crippen LogP contribution in [-0.2, 0) is 14.8 Å². The maximum absolute atomic E-state index is 13.5. The lowest BCUT2D eigenvalue weighted by Gasteiger charge is -2.30. The van der Waals surface area contributed by atoms with E-state index < -0.39 is 10.0 Å². The van der Waals surface area contributed by atoms with Crippen molar-refractivity contribution in [3.05, 3.63) is 48.5 Å². The minimum Gasteiger partial charge on any atom is -0.497 e. The molecule has 0 radical (unpaired) electrons. The Morgan fingerprint density at radius 1 is 1.00 bits per heavy atom. The Morgan fingerprint density at radius 3 is 2.23 bits per heavy atom. The van der Waals surface area contributed by atoms with Crippen molar-refractivity contribution in [1.29, 1.82) is 0 Å². The highest BCUT2D eigenvalue weighted by Gasteiger charge is 2.32. The summed E-state index contributed by atoms with van der Waals surface area (Å²) in [5.41, 5.74) is 0.323. The molecule has 1 saturated carbocycles. The number of sulfonamides is 1. The average molecular weight is 433 g/mol. The Balaban J connectivity index is 1.99. The minimum absolute atomic E-state index is 0.0746. The van der Waals surface area contributed by atoms with Crippen molar-refractivity contribution in [2.24, 2.45) is 0 Å². The van der Waals surface area contributed by atoms with E-state index in [-0.39, 0.29) is 23.4 Å². The summed E-state index contributed by atoms with van der Waals surface area (Å²) in [5, 5.41) is 0. The lowest BCUT2D eigenvalue weighted by Crippen LogP contribution is -2.44. The summed E-state index contributed by atoms with van der Waals surface area (Å²) >= 11 is 0. The molecule has 162 valence electrons. The van der Waals surface area contributed by atoms with Crippen LogP contribution in [0.5, 0.6) is 11.5 Å². The summed E-state index contributed by atoms with van der Waals surface area (Å²) in [7, 11) is 0.727. The maximum Gasteiger partial charge on any atom is 0.264 e. The molecule has 1 aliphatic rings. The molecular weight excluding hydrogens is 404 g/mol. The highest BCUT2D eigenvalue weighted by atomic mass is 32.2. The summed E-state index contributed by atoms with van der Waals surface area (Å²) in [6.45, 7) is -0.304. The van der Waals surface area contributed by atoms with Crippen LogP contribution in [0.3, 0.4) is 0 Å². The second-order valence-corrected chi connectivity index (χ2v) is 9.16. The molecule has 30 heavy (non-hydrogen) atoms. The number of likely N-dealkylation sites (N-methyl/N-ethyl adjacent to an activating group) is 1. The summed E-state index contributed by atoms with van der Waals surface area (Å²) < 4.78 is 38.7. The number of rotatable bonds is 8. The Morgan fingerprint density at radius 2 is 1.63 bits per heavy atom. The molecule has 0 unspecified atom stereocenters. The van der Waals surface area contributed by atoms with Crippen LogP contribution in [0, 0.1) is 0 Å². The zero-order valence-corrected chi connectivity index (χ0v) is 18.4. The Kier molecular flexibility index (Phi) is 6.87. The minimum atomic E-state index is -4.01. The molecule has 0 atom stereocenters. The average Bonchev–Trinajstić information content (AvgIpc) is 3.31. The third-order valence-corrected chi connectivity index (χ3v) is 7.32. The van der Waals surface area contributed by atoms with Gasteiger partial charge in [0.25, 0.3) is 10.0 Å². The van der Waals surface area contributed by atoms with Crippen LogP contribution in [0.15, 0.2) is 53.4 Å². The second kappa shape index (κ2) is 9.38. The van der Waals surface area contributed by atoms with Gasteiger partial charge in [0.1, 0.15) is 18.0 Å². The van der Waals surface area contributed by atoms with Crippen molar-refractivity contribution in [3.63, 3.8) is 0 Å². The maximum atomic E-state index is 13.5. The van der Waals surface area contributed by atoms with E-state index in [9.17, 15) is 13.2 Å². The van der Waals surface area contributed by atoms with Gasteiger partial charge in [0.15, 0.2) is 0 Å². The van der Waals surface area contributed by atoms with E-state index in [1.807, 2.05) is 0 Å². The van der Waals surface area contributed by atoms with Crippen LogP contribution in [0.2, 0.25) is 0 Å². The van der Waals surface area contributed by atoms with Gasteiger partial charge >= 0.3 is 0 Å². The lowest BCUT2D eigenvalue weighted by atomic mass is 10.2. The molecule has 2 aromatic rings. The smallest absolute Gasteiger partial charge is 0.264 e. The molecule has 2 aromatic carbocycles. The monoisotopic (exact) mass is 432 g/mol. The first-order valence-electron chi connectivity index (χ1n) is 9.94. The first kappa shape index (κ1) is 22.0. The Labute approximate surface area is 178 Å². The van der Waals surface area contributed by atoms with Gasteiger partial charge < -0.3 is 14.4 Å². The number of hydrogen-bond acceptors (Lipinski definition) is 5. The van der Waals surface area contributed by atoms with Crippen LogP contribution < -0.4 is 13.8 Å². The summed E-state index contributed by atoms with van der Waals surface area (Å²) in [6.07, 6.45) is 4.07. The molecule has 8 heteroatoms. The molecule has 0 spiro atoms. The highest BCUT2D eigenvalue weighted by molar-refractivity contribution is 7.92. The fraction of sp³-hybridized carbons (Fsp3) is 0.409. The third-order valence-electron chi connectivity index (χ3n) is 5.55. The first-order chi connectivity index (χ1) is 14.4. The molecule has 0 saturated heterocycles. The van der Waals surface area contributed by atoms with Crippen molar-refractivity contribution < 1.29 is 22.7 Å². The van der Waals surface area contributed by atoms with Crippen molar-refractivity contribution in [1.82, 2.24) is 4.90 Å². The van der Waals surface area contributed by atoms with Crippen LogP contribution >= 0.6 is 0 Å². The van der Waals surface area contributed by atoms with Gasteiger partial charge in [-0.2, -0.15) is 0 Å². The van der Waals surface area contributed by atoms with Crippen LogP contribution in [0.25, 0.3) is 0 Å². The fourth-order valence-electron chi connectivity index (χ4n) is 3.74. The number of methoxy groups -OCH3 is 2. The van der Waals surface area contributed by atoms with Gasteiger partial charge in [0, 0.05) is 13.1 Å². The van der Waals surface area contributed by atoms with Gasteiger partial charge in [-0.25, -0.2) is 8.42 Å². The summed E-state index contributed by atoms with van der Waals surface area (Å²) in [5.74, 6) is 0.686. The normalized spacial score (nSPS) is 14.4. The van der Waals surface area contributed by atoms with Crippen LogP contribution in [0.4, 0.5) is 5.69 Å². The number of ether oxygens (including phenoxy) is 2. The molecular formula is C22H28N2O5S. The zero-order chi connectivity index (χ0) is 21.7. The van der Waals surface area contributed by atoms with E-state index in [2.05, 4.69) is 0 Å². The molecule has 0 aromatic heterocycles. The molecule has 1 aliphatic carbocycles. The van der Waals surface area contributed by atoms with E-state index in [0.29, 0.717) is 17.2 Å². The number of para-hydroxylation sites is 2. The molecule has 0 heterocycles. The summed E-state index contributed by atoms with van der Waals surface area (Å²) in [4.78, 5) is 14.8. The number of carbonyl (C=O) groups excluding carboxylic acids is 1. The molecule has 0 N–H and O–H groups in total. The van der Waals surface area contributed by atoms with Crippen molar-refractivity contribution in [2.75, 3.05) is 32.1 Å². The molecule has 1 fully saturated rings. The van der Waals surface area contributed by atoms with Gasteiger partial charge in [-0.05, 0) is 49.2 Å². The van der Waals surface area contributed by atoms with Gasteiger partial charge in [0.05, 0.1) is 24.8 Å². The Bertz CT molecular complexity index is 969. The van der Waals surface area contributed by atoms with Gasteiger partial charge in [-0.3, -0.25) is 9.10 Å². The van der Waals surface area contributed by atoms with Crippen LogP contribution in [0.1, 0.15) is 25.7 Å². The third kappa shape index (κ3) is 4.53. The molecule has 7 nitrogen and oxygen atoms in total. The van der Waals surface area contributed by atoms with E-state index >= 15 is 0 Å². The van der Waals surface area contributed by atoms with E-state index in [1.54, 1.807) is 48.3 Å². The quantitative estimate of drug-likeness (QED) is 0.640. The predicted molar refractivity (Wildman–Crippen MR) is 116 cm³/mol. The lowest BCUT2D eigenvalue weighted by molar-refractivity contribution is -0.130. The SMILES string of the molecule is COc1ccc(S(=O)(=O)N(CC(=O)N(C)C2CCCC2)c2ccccc2OC)cc1. The van der Waals surface area contributed by atoms with Crippen molar-refractivity contribution in [2.45, 2.75) is 36.6 Å². The van der Waals surface area contributed by atoms with E-state index in [1.165, 1.54) is 26.4 Å². The van der Waals surface area contributed by atoms with Crippen LogP contribution in [-0.4, -0.2) is 53.1 Å². The molecule has 3 rings (SSSR count). The largest absolute Gasteiger partial charge is 0.497 e. The van der Waals surface area contributed by atoms with Gasteiger partial charge in [-0.15, -0.1) is 0 Å². The predicted octanol–water partition coefficient (Wildman–Crippen LogP) is 3.30. The number of hydrogen-bond donors (Lipinski definition) is 0. The number of anilines is 1. The van der Waals surface area contributed by atoms with E-state index in [4.69, 9.17) is 9.47 Å².